The molecular formula is C24H36O23S. The molecule has 24 heteroatoms. The first-order valence-electron chi connectivity index (χ1n) is 14.9. The number of rotatable bonds is 8. The molecule has 48 heavy (non-hydrogen) atoms. The highest BCUT2D eigenvalue weighted by atomic mass is 32.3. The molecule has 23 nitrogen and oxygen atoms in total. The van der Waals surface area contributed by atoms with Crippen LogP contribution in [-0.4, -0.2) is 208 Å². The van der Waals surface area contributed by atoms with Gasteiger partial charge >= 0.3 is 16.4 Å². The maximum Gasteiger partial charge on any atom is 0.407 e. The van der Waals surface area contributed by atoms with Crippen molar-refractivity contribution in [3.63, 3.8) is 0 Å². The molecule has 4 bridgehead atoms. The van der Waals surface area contributed by atoms with Gasteiger partial charge in [0, 0.05) is 0 Å². The molecule has 0 aromatic carbocycles. The van der Waals surface area contributed by atoms with E-state index in [0.29, 0.717) is 0 Å². The Bertz CT molecular complexity index is 1290. The smallest absolute Gasteiger partial charge is 0.394 e. The minimum absolute atomic E-state index is 0.0700. The van der Waals surface area contributed by atoms with E-state index in [1.54, 1.807) is 0 Å². The third kappa shape index (κ3) is 5.52. The molecule has 0 aliphatic carbocycles. The standard InChI is InChI=1S/C24H36O23S/c25-1-5-9(27)16(12(30)21(40-5)42-14-7-3-37-17(14)11(29)20(33)39-7)43-22-13(31)18-15(8(41-22)4-38-18)45-24-23(34,46-48(35,36)47-24)19(32)10(28)6(2-26)44-24/h5-22,25-34H,1-4H2/t5-,6-,7+,8+,9-,10+,11+,12-,13+,14+,15+,16+,17+,18+,19+,20-,21+,22+,23-,24+/m1/s1. The zero-order valence-corrected chi connectivity index (χ0v) is 25.2. The van der Waals surface area contributed by atoms with Crippen molar-refractivity contribution in [1.29, 1.82) is 0 Å². The molecule has 7 fully saturated rings. The summed E-state index contributed by atoms with van der Waals surface area (Å²) in [4.78, 5) is 0. The molecule has 0 aromatic rings. The molecule has 0 unspecified atom stereocenters. The molecule has 7 aliphatic heterocycles. The van der Waals surface area contributed by atoms with Crippen LogP contribution in [-0.2, 0) is 61.4 Å². The van der Waals surface area contributed by atoms with Crippen molar-refractivity contribution in [1.82, 2.24) is 0 Å². The molecular weight excluding hydrogens is 688 g/mol. The minimum Gasteiger partial charge on any atom is -0.394 e. The molecule has 276 valence electrons. The maximum absolute atomic E-state index is 12.3. The van der Waals surface area contributed by atoms with E-state index in [1.165, 1.54) is 0 Å². The predicted molar refractivity (Wildman–Crippen MR) is 136 cm³/mol. The van der Waals surface area contributed by atoms with Gasteiger partial charge in [-0.3, -0.25) is 0 Å². The van der Waals surface area contributed by atoms with Crippen molar-refractivity contribution in [2.45, 2.75) is 122 Å². The summed E-state index contributed by atoms with van der Waals surface area (Å²) in [7, 11) is -5.15. The van der Waals surface area contributed by atoms with Crippen LogP contribution in [0.4, 0.5) is 0 Å². The average Bonchev–Trinajstić information content (AvgIpc) is 3.60. The molecule has 7 saturated heterocycles. The van der Waals surface area contributed by atoms with Crippen LogP contribution < -0.4 is 0 Å². The number of hydrogen-bond donors (Lipinski definition) is 10. The summed E-state index contributed by atoms with van der Waals surface area (Å²) < 4.78 is 83.9. The first-order valence-corrected chi connectivity index (χ1v) is 16.2. The van der Waals surface area contributed by atoms with E-state index >= 15 is 0 Å². The van der Waals surface area contributed by atoms with Gasteiger partial charge in [0.15, 0.2) is 18.9 Å². The Morgan fingerprint density at radius 3 is 1.94 bits per heavy atom. The summed E-state index contributed by atoms with van der Waals surface area (Å²) in [6.45, 7) is -2.22. The molecule has 0 spiro atoms. The van der Waals surface area contributed by atoms with Crippen molar-refractivity contribution in [2.24, 2.45) is 0 Å². The Hall–Kier alpha value is -0.890. The third-order valence-corrected chi connectivity index (χ3v) is 10.2. The second-order valence-electron chi connectivity index (χ2n) is 12.3. The van der Waals surface area contributed by atoms with Gasteiger partial charge in [0.1, 0.15) is 91.6 Å². The van der Waals surface area contributed by atoms with Crippen LogP contribution in [0.25, 0.3) is 0 Å². The number of aliphatic hydroxyl groups is 10. The Morgan fingerprint density at radius 1 is 0.667 bits per heavy atom. The van der Waals surface area contributed by atoms with Crippen molar-refractivity contribution >= 4 is 10.4 Å². The predicted octanol–water partition coefficient (Wildman–Crippen LogP) is -8.71. The second-order valence-corrected chi connectivity index (χ2v) is 13.4. The van der Waals surface area contributed by atoms with E-state index in [1.807, 2.05) is 0 Å². The van der Waals surface area contributed by atoms with E-state index in [2.05, 4.69) is 4.18 Å². The SMILES string of the molecule is O=S1(=O)O[C@]2(O[C@@H]3[C@H]4OC[C@@H]3O[C@@H](O[C@@H]3[C@@H](O)[C@H](O[C@@H]5[C@H]6OC[C@@H]5O[C@@H](O)[C@H]6O)O[C@H](CO)[C@H]3O)[C@H]4O)O[C@H](CO)[C@H](O)[C@H](O)[C@@]2(O)O1. The zero-order chi connectivity index (χ0) is 34.5. The lowest BCUT2D eigenvalue weighted by atomic mass is 9.93. The molecule has 0 aromatic heterocycles. The van der Waals surface area contributed by atoms with Crippen LogP contribution in [0, 0.1) is 0 Å². The lowest BCUT2D eigenvalue weighted by Crippen LogP contribution is -2.74. The van der Waals surface area contributed by atoms with E-state index in [4.69, 9.17) is 46.8 Å². The third-order valence-electron chi connectivity index (χ3n) is 9.32. The minimum atomic E-state index is -5.15. The van der Waals surface area contributed by atoms with Crippen molar-refractivity contribution < 1.29 is 110 Å². The fourth-order valence-electron chi connectivity index (χ4n) is 6.83. The lowest BCUT2D eigenvalue weighted by molar-refractivity contribution is -0.500. The van der Waals surface area contributed by atoms with Gasteiger partial charge in [-0.25, -0.2) is 4.18 Å². The van der Waals surface area contributed by atoms with Crippen LogP contribution in [0.5, 0.6) is 0 Å². The number of hydrogen-bond acceptors (Lipinski definition) is 23. The molecule has 20 atom stereocenters. The molecule has 7 heterocycles. The van der Waals surface area contributed by atoms with Crippen LogP contribution in [0.1, 0.15) is 0 Å². The Balaban J connectivity index is 1.08. The summed E-state index contributed by atoms with van der Waals surface area (Å²) in [5.74, 6) is -6.66. The number of ether oxygens (including phenoxy) is 9. The average molecular weight is 725 g/mol. The van der Waals surface area contributed by atoms with Crippen LogP contribution in [0.15, 0.2) is 0 Å². The summed E-state index contributed by atoms with van der Waals surface area (Å²) in [5.41, 5.74) is 0. The van der Waals surface area contributed by atoms with Gasteiger partial charge in [0.05, 0.1) is 26.4 Å². The molecule has 10 N–H and O–H groups in total. The highest BCUT2D eigenvalue weighted by Gasteiger charge is 2.77. The molecule has 0 saturated carbocycles. The number of aliphatic hydroxyl groups excluding tert-OH is 9. The van der Waals surface area contributed by atoms with E-state index in [9.17, 15) is 59.5 Å². The summed E-state index contributed by atoms with van der Waals surface area (Å²) in [6.07, 6.45) is -28.6. The summed E-state index contributed by atoms with van der Waals surface area (Å²) in [6, 6.07) is 0. The molecule has 0 radical (unpaired) electrons. The van der Waals surface area contributed by atoms with Crippen molar-refractivity contribution in [3.8, 4) is 0 Å². The summed E-state index contributed by atoms with van der Waals surface area (Å²) >= 11 is 0. The lowest BCUT2D eigenvalue weighted by Gasteiger charge is -2.49. The van der Waals surface area contributed by atoms with Crippen LogP contribution in [0.3, 0.4) is 0 Å². The van der Waals surface area contributed by atoms with Gasteiger partial charge in [0.25, 0.3) is 5.79 Å². The zero-order valence-electron chi connectivity index (χ0n) is 24.4. The highest BCUT2D eigenvalue weighted by Crippen LogP contribution is 2.50. The largest absolute Gasteiger partial charge is 0.407 e. The van der Waals surface area contributed by atoms with Crippen molar-refractivity contribution in [3.05, 3.63) is 0 Å². The molecule has 0 amide bonds. The fraction of sp³-hybridized carbons (Fsp3) is 1.00. The van der Waals surface area contributed by atoms with Gasteiger partial charge in [-0.1, -0.05) is 0 Å². The fourth-order valence-corrected chi connectivity index (χ4v) is 7.84. The monoisotopic (exact) mass is 724 g/mol. The first-order chi connectivity index (χ1) is 22.6. The number of fused-ring (bicyclic) bond motifs is 5. The highest BCUT2D eigenvalue weighted by molar-refractivity contribution is 7.82. The van der Waals surface area contributed by atoms with E-state index in [-0.39, 0.29) is 13.2 Å². The van der Waals surface area contributed by atoms with Gasteiger partial charge < -0.3 is 93.7 Å². The van der Waals surface area contributed by atoms with Gasteiger partial charge in [-0.15, -0.1) is 0 Å². The van der Waals surface area contributed by atoms with Crippen LogP contribution >= 0.6 is 0 Å². The normalized spacial score (nSPS) is 57.5. The van der Waals surface area contributed by atoms with E-state index in [0.717, 1.165) is 0 Å². The first kappa shape index (κ1) is 35.5. The second kappa shape index (κ2) is 12.7. The van der Waals surface area contributed by atoms with Gasteiger partial charge in [-0.2, -0.15) is 12.6 Å². The summed E-state index contributed by atoms with van der Waals surface area (Å²) in [5, 5.41) is 105. The van der Waals surface area contributed by atoms with Crippen molar-refractivity contribution in [2.75, 3.05) is 26.4 Å². The topological polar surface area (TPSA) is 338 Å². The quantitative estimate of drug-likeness (QED) is 0.111. The van der Waals surface area contributed by atoms with E-state index < -0.39 is 146 Å². The Kier molecular flexibility index (Phi) is 9.36. The van der Waals surface area contributed by atoms with Crippen LogP contribution in [0.2, 0.25) is 0 Å². The molecule has 7 aliphatic rings. The Labute approximate surface area is 269 Å². The van der Waals surface area contributed by atoms with Gasteiger partial charge in [0.2, 0.25) is 0 Å². The maximum atomic E-state index is 12.3. The molecule has 7 rings (SSSR count). The van der Waals surface area contributed by atoms with Gasteiger partial charge in [-0.05, 0) is 0 Å². The Morgan fingerprint density at radius 2 is 1.27 bits per heavy atom.